The minimum atomic E-state index is -0.0599. The van der Waals surface area contributed by atoms with Crippen molar-refractivity contribution in [3.05, 3.63) is 64.7 Å². The number of methoxy groups -OCH3 is 1. The number of hydrogen-bond donors (Lipinski definition) is 1. The van der Waals surface area contributed by atoms with E-state index >= 15 is 0 Å². The molecule has 0 aromatic heterocycles. The summed E-state index contributed by atoms with van der Waals surface area (Å²) in [5, 5.41) is 3.77. The van der Waals surface area contributed by atoms with E-state index in [1.54, 1.807) is 19.2 Å². The second kappa shape index (κ2) is 9.74. The van der Waals surface area contributed by atoms with Gasteiger partial charge < -0.3 is 10.1 Å². The zero-order valence-corrected chi connectivity index (χ0v) is 16.4. The molecule has 1 saturated heterocycles. The maximum absolute atomic E-state index is 12.2. The van der Waals surface area contributed by atoms with E-state index in [9.17, 15) is 4.79 Å². The average Bonchev–Trinajstić information content (AvgIpc) is 2.71. The van der Waals surface area contributed by atoms with Crippen LogP contribution in [0.4, 0.5) is 0 Å². The Labute approximate surface area is 165 Å². The molecule has 2 aromatic rings. The van der Waals surface area contributed by atoms with E-state index in [0.29, 0.717) is 17.9 Å². The minimum Gasteiger partial charge on any atom is -0.497 e. The number of rotatable bonds is 7. The van der Waals surface area contributed by atoms with Gasteiger partial charge in [-0.25, -0.2) is 0 Å². The Bertz CT molecular complexity index is 743. The second-order valence-corrected chi connectivity index (χ2v) is 7.17. The Balaban J connectivity index is 1.36. The van der Waals surface area contributed by atoms with Gasteiger partial charge in [-0.05, 0) is 35.9 Å². The highest BCUT2D eigenvalue weighted by atomic mass is 35.5. The smallest absolute Gasteiger partial charge is 0.251 e. The molecule has 0 spiro atoms. The fourth-order valence-electron chi connectivity index (χ4n) is 3.21. The number of carbonyl (C=O) groups excluding carboxylic acids is 1. The number of ether oxygens (including phenoxy) is 1. The third-order valence-corrected chi connectivity index (χ3v) is 5.08. The van der Waals surface area contributed by atoms with E-state index < -0.39 is 0 Å². The molecule has 5 nitrogen and oxygen atoms in total. The Kier molecular flexibility index (Phi) is 7.10. The lowest BCUT2D eigenvalue weighted by Crippen LogP contribution is -2.48. The van der Waals surface area contributed by atoms with Crippen LogP contribution < -0.4 is 10.1 Å². The van der Waals surface area contributed by atoms with Gasteiger partial charge >= 0.3 is 0 Å². The van der Waals surface area contributed by atoms with Crippen LogP contribution >= 0.6 is 11.6 Å². The number of benzene rings is 2. The van der Waals surface area contributed by atoms with Crippen LogP contribution in [0.25, 0.3) is 0 Å². The lowest BCUT2D eigenvalue weighted by atomic mass is 10.2. The van der Waals surface area contributed by atoms with Crippen LogP contribution in [0.2, 0.25) is 5.02 Å². The van der Waals surface area contributed by atoms with Crippen molar-refractivity contribution in [3.8, 4) is 5.75 Å². The Hall–Kier alpha value is -2.08. The van der Waals surface area contributed by atoms with Crippen molar-refractivity contribution >= 4 is 17.5 Å². The van der Waals surface area contributed by atoms with Gasteiger partial charge in [0.05, 0.1) is 7.11 Å². The van der Waals surface area contributed by atoms with Gasteiger partial charge in [0.15, 0.2) is 0 Å². The molecule has 2 aromatic carbocycles. The Morgan fingerprint density at radius 3 is 2.48 bits per heavy atom. The van der Waals surface area contributed by atoms with Crippen molar-refractivity contribution in [2.24, 2.45) is 0 Å². The SMILES string of the molecule is COc1cccc(C(=O)NCCN2CCN(Cc3ccc(Cl)cc3)CC2)c1. The predicted octanol–water partition coefficient (Wildman–Crippen LogP) is 2.90. The lowest BCUT2D eigenvalue weighted by Gasteiger charge is -2.34. The van der Waals surface area contributed by atoms with Crippen molar-refractivity contribution in [1.82, 2.24) is 15.1 Å². The molecular formula is C21H26ClN3O2. The highest BCUT2D eigenvalue weighted by Crippen LogP contribution is 2.13. The third kappa shape index (κ3) is 5.96. The van der Waals surface area contributed by atoms with Gasteiger partial charge in [-0.15, -0.1) is 0 Å². The molecular weight excluding hydrogens is 362 g/mol. The van der Waals surface area contributed by atoms with Gasteiger partial charge in [-0.3, -0.25) is 14.6 Å². The van der Waals surface area contributed by atoms with Crippen LogP contribution in [-0.4, -0.2) is 62.1 Å². The van der Waals surface area contributed by atoms with Gasteiger partial charge in [0, 0.05) is 56.4 Å². The van der Waals surface area contributed by atoms with Gasteiger partial charge in [-0.1, -0.05) is 29.8 Å². The summed E-state index contributed by atoms with van der Waals surface area (Å²) in [6.45, 7) is 6.57. The van der Waals surface area contributed by atoms with Gasteiger partial charge in [0.25, 0.3) is 5.91 Å². The molecule has 1 N–H and O–H groups in total. The van der Waals surface area contributed by atoms with Gasteiger partial charge in [0.1, 0.15) is 5.75 Å². The van der Waals surface area contributed by atoms with Crippen molar-refractivity contribution in [3.63, 3.8) is 0 Å². The fraction of sp³-hybridized carbons (Fsp3) is 0.381. The first-order chi connectivity index (χ1) is 13.1. The first kappa shape index (κ1) is 19.7. The first-order valence-corrected chi connectivity index (χ1v) is 9.63. The summed E-state index contributed by atoms with van der Waals surface area (Å²) in [5.74, 6) is 0.634. The standard InChI is InChI=1S/C21H26ClN3O2/c1-27-20-4-2-3-18(15-20)21(26)23-9-10-24-11-13-25(14-12-24)16-17-5-7-19(22)8-6-17/h2-8,15H,9-14,16H2,1H3,(H,23,26). The van der Waals surface area contributed by atoms with Crippen LogP contribution in [0, 0.1) is 0 Å². The number of hydrogen-bond acceptors (Lipinski definition) is 4. The van der Waals surface area contributed by atoms with E-state index in [-0.39, 0.29) is 5.91 Å². The summed E-state index contributed by atoms with van der Waals surface area (Å²) in [6, 6.07) is 15.3. The molecule has 144 valence electrons. The molecule has 0 saturated carbocycles. The lowest BCUT2D eigenvalue weighted by molar-refractivity contribution is 0.0934. The zero-order chi connectivity index (χ0) is 19.1. The number of nitrogens with one attached hydrogen (secondary N) is 1. The van der Waals surface area contributed by atoms with E-state index in [2.05, 4.69) is 27.2 Å². The molecule has 0 unspecified atom stereocenters. The highest BCUT2D eigenvalue weighted by Gasteiger charge is 2.17. The molecule has 1 amide bonds. The number of carbonyl (C=O) groups is 1. The van der Waals surface area contributed by atoms with E-state index in [0.717, 1.165) is 44.3 Å². The van der Waals surface area contributed by atoms with Crippen LogP contribution in [0.5, 0.6) is 5.75 Å². The maximum atomic E-state index is 12.2. The number of piperazine rings is 1. The number of nitrogens with zero attached hydrogens (tertiary/aromatic N) is 2. The normalized spacial score (nSPS) is 15.5. The van der Waals surface area contributed by atoms with Crippen LogP contribution in [0.3, 0.4) is 0 Å². The Morgan fingerprint density at radius 1 is 1.07 bits per heavy atom. The summed E-state index contributed by atoms with van der Waals surface area (Å²) in [4.78, 5) is 17.1. The fourth-order valence-corrected chi connectivity index (χ4v) is 3.34. The molecule has 3 rings (SSSR count). The molecule has 1 aliphatic rings. The van der Waals surface area contributed by atoms with Gasteiger partial charge in [-0.2, -0.15) is 0 Å². The maximum Gasteiger partial charge on any atom is 0.251 e. The van der Waals surface area contributed by atoms with Crippen molar-refractivity contribution in [1.29, 1.82) is 0 Å². The average molecular weight is 388 g/mol. The van der Waals surface area contributed by atoms with Crippen molar-refractivity contribution in [2.75, 3.05) is 46.4 Å². The molecule has 6 heteroatoms. The second-order valence-electron chi connectivity index (χ2n) is 6.73. The molecule has 0 radical (unpaired) electrons. The largest absolute Gasteiger partial charge is 0.497 e. The molecule has 0 bridgehead atoms. The minimum absolute atomic E-state index is 0.0599. The summed E-state index contributed by atoms with van der Waals surface area (Å²) in [6.07, 6.45) is 0. The molecule has 0 atom stereocenters. The molecule has 1 aliphatic heterocycles. The highest BCUT2D eigenvalue weighted by molar-refractivity contribution is 6.30. The molecule has 27 heavy (non-hydrogen) atoms. The Morgan fingerprint density at radius 2 is 1.78 bits per heavy atom. The van der Waals surface area contributed by atoms with Crippen molar-refractivity contribution in [2.45, 2.75) is 6.54 Å². The zero-order valence-electron chi connectivity index (χ0n) is 15.7. The molecule has 0 aliphatic carbocycles. The third-order valence-electron chi connectivity index (χ3n) is 4.83. The first-order valence-electron chi connectivity index (χ1n) is 9.25. The van der Waals surface area contributed by atoms with E-state index in [1.807, 2.05) is 24.3 Å². The van der Waals surface area contributed by atoms with Crippen LogP contribution in [-0.2, 0) is 6.54 Å². The van der Waals surface area contributed by atoms with Crippen molar-refractivity contribution < 1.29 is 9.53 Å². The topological polar surface area (TPSA) is 44.8 Å². The summed E-state index contributed by atoms with van der Waals surface area (Å²) >= 11 is 5.94. The molecule has 1 heterocycles. The van der Waals surface area contributed by atoms with Gasteiger partial charge in [0.2, 0.25) is 0 Å². The molecule has 1 fully saturated rings. The monoisotopic (exact) mass is 387 g/mol. The van der Waals surface area contributed by atoms with Crippen LogP contribution in [0.15, 0.2) is 48.5 Å². The van der Waals surface area contributed by atoms with E-state index in [4.69, 9.17) is 16.3 Å². The van der Waals surface area contributed by atoms with Crippen LogP contribution in [0.1, 0.15) is 15.9 Å². The quantitative estimate of drug-likeness (QED) is 0.793. The predicted molar refractivity (Wildman–Crippen MR) is 108 cm³/mol. The van der Waals surface area contributed by atoms with E-state index in [1.165, 1.54) is 5.56 Å². The number of amides is 1. The summed E-state index contributed by atoms with van der Waals surface area (Å²) in [5.41, 5.74) is 1.92. The summed E-state index contributed by atoms with van der Waals surface area (Å²) in [7, 11) is 1.60. The summed E-state index contributed by atoms with van der Waals surface area (Å²) < 4.78 is 5.16. The number of halogens is 1.